The predicted octanol–water partition coefficient (Wildman–Crippen LogP) is 3.39. The van der Waals surface area contributed by atoms with Crippen molar-refractivity contribution < 1.29 is 4.74 Å². The largest absolute Gasteiger partial charge is 0.372 e. The van der Waals surface area contributed by atoms with E-state index in [9.17, 15) is 0 Å². The van der Waals surface area contributed by atoms with E-state index in [0.29, 0.717) is 12.7 Å². The molecule has 1 fully saturated rings. The van der Waals surface area contributed by atoms with E-state index in [1.807, 2.05) is 6.92 Å². The zero-order chi connectivity index (χ0) is 13.5. The molecule has 0 bridgehead atoms. The van der Waals surface area contributed by atoms with Crippen LogP contribution in [0.5, 0.6) is 0 Å². The lowest BCUT2D eigenvalue weighted by molar-refractivity contribution is 0.000240. The molecule has 1 N–H and O–H groups in total. The summed E-state index contributed by atoms with van der Waals surface area (Å²) in [7, 11) is 0. The van der Waals surface area contributed by atoms with Crippen LogP contribution in [0.3, 0.4) is 0 Å². The zero-order valence-corrected chi connectivity index (χ0v) is 12.1. The van der Waals surface area contributed by atoms with Gasteiger partial charge < -0.3 is 10.1 Å². The van der Waals surface area contributed by atoms with Crippen LogP contribution in [0.1, 0.15) is 51.6 Å². The molecule has 106 valence electrons. The molecule has 1 saturated carbocycles. The van der Waals surface area contributed by atoms with Crippen LogP contribution in [0.25, 0.3) is 0 Å². The van der Waals surface area contributed by atoms with Crippen molar-refractivity contribution in [2.24, 2.45) is 5.92 Å². The molecule has 0 aromatic carbocycles. The monoisotopic (exact) mass is 263 g/mol. The van der Waals surface area contributed by atoms with Crippen molar-refractivity contribution in [3.05, 3.63) is 18.1 Å². The van der Waals surface area contributed by atoms with Gasteiger partial charge >= 0.3 is 0 Å². The normalized spacial score (nSPS) is 23.3. The molecule has 0 aliphatic heterocycles. The van der Waals surface area contributed by atoms with Gasteiger partial charge in [0.1, 0.15) is 5.82 Å². The molecule has 2 atom stereocenters. The lowest BCUT2D eigenvalue weighted by Gasteiger charge is -2.28. The maximum absolute atomic E-state index is 5.98. The molecule has 1 aromatic heterocycles. The van der Waals surface area contributed by atoms with Gasteiger partial charge in [-0.15, -0.1) is 0 Å². The minimum absolute atomic E-state index is 0.411. The number of nitrogens with one attached hydrogen (secondary N) is 1. The summed E-state index contributed by atoms with van der Waals surface area (Å²) >= 11 is 0. The van der Waals surface area contributed by atoms with Crippen molar-refractivity contribution in [1.29, 1.82) is 0 Å². The maximum Gasteiger partial charge on any atom is 0.144 e. The first kappa shape index (κ1) is 14.3. The van der Waals surface area contributed by atoms with E-state index in [0.717, 1.165) is 24.0 Å². The molecular weight excluding hydrogens is 238 g/mol. The van der Waals surface area contributed by atoms with Gasteiger partial charge in [0.2, 0.25) is 0 Å². The van der Waals surface area contributed by atoms with Crippen LogP contribution in [0.4, 0.5) is 5.82 Å². The second-order valence-corrected chi connectivity index (χ2v) is 5.30. The molecule has 2 rings (SSSR count). The standard InChI is InChI=1S/C15H25N3O/c1-3-12-6-5-7-14(8-12)19-11-13-9-18-15(10-17-13)16-4-2/h9-10,12,14H,3-8,11H2,1-2H3,(H,16,18). The third kappa shape index (κ3) is 4.46. The van der Waals surface area contributed by atoms with E-state index in [2.05, 4.69) is 22.2 Å². The Morgan fingerprint density at radius 3 is 2.84 bits per heavy atom. The molecule has 0 amide bonds. The first-order chi connectivity index (χ1) is 9.31. The van der Waals surface area contributed by atoms with Crippen LogP contribution in [0, 0.1) is 5.92 Å². The SMILES string of the molecule is CCNc1cnc(COC2CCCC(CC)C2)cn1. The van der Waals surface area contributed by atoms with Gasteiger partial charge in [-0.3, -0.25) is 4.98 Å². The number of rotatable bonds is 6. The molecule has 2 unspecified atom stereocenters. The van der Waals surface area contributed by atoms with Crippen LogP contribution >= 0.6 is 0 Å². The Morgan fingerprint density at radius 2 is 2.16 bits per heavy atom. The number of anilines is 1. The van der Waals surface area contributed by atoms with Crippen molar-refractivity contribution in [2.75, 3.05) is 11.9 Å². The Labute approximate surface area is 116 Å². The number of hydrogen-bond acceptors (Lipinski definition) is 4. The van der Waals surface area contributed by atoms with Gasteiger partial charge in [0.25, 0.3) is 0 Å². The molecule has 0 radical (unpaired) electrons. The average molecular weight is 263 g/mol. The van der Waals surface area contributed by atoms with Crippen LogP contribution in [0.2, 0.25) is 0 Å². The Bertz CT molecular complexity index is 366. The van der Waals surface area contributed by atoms with Crippen molar-refractivity contribution >= 4 is 5.82 Å². The first-order valence-corrected chi connectivity index (χ1v) is 7.48. The van der Waals surface area contributed by atoms with Crippen LogP contribution in [-0.2, 0) is 11.3 Å². The summed E-state index contributed by atoms with van der Waals surface area (Å²) in [6, 6.07) is 0. The summed E-state index contributed by atoms with van der Waals surface area (Å²) in [6.45, 7) is 5.77. The minimum Gasteiger partial charge on any atom is -0.372 e. The highest BCUT2D eigenvalue weighted by molar-refractivity contribution is 5.30. The van der Waals surface area contributed by atoms with Gasteiger partial charge in [-0.25, -0.2) is 4.98 Å². The molecule has 1 aromatic rings. The van der Waals surface area contributed by atoms with Crippen LogP contribution in [-0.4, -0.2) is 22.6 Å². The summed E-state index contributed by atoms with van der Waals surface area (Å²) in [5.74, 6) is 1.68. The predicted molar refractivity (Wildman–Crippen MR) is 77.0 cm³/mol. The van der Waals surface area contributed by atoms with Crippen molar-refractivity contribution in [2.45, 2.75) is 58.7 Å². The number of hydrogen-bond donors (Lipinski definition) is 1. The number of nitrogens with zero attached hydrogens (tertiary/aromatic N) is 2. The van der Waals surface area contributed by atoms with Gasteiger partial charge in [0, 0.05) is 6.54 Å². The fourth-order valence-electron chi connectivity index (χ4n) is 2.67. The molecule has 1 aliphatic carbocycles. The Hall–Kier alpha value is -1.16. The van der Waals surface area contributed by atoms with Crippen molar-refractivity contribution in [3.8, 4) is 0 Å². The molecular formula is C15H25N3O. The lowest BCUT2D eigenvalue weighted by Crippen LogP contribution is -2.22. The van der Waals surface area contributed by atoms with E-state index < -0.39 is 0 Å². The second kappa shape index (κ2) is 7.43. The molecule has 0 spiro atoms. The van der Waals surface area contributed by atoms with E-state index in [1.165, 1.54) is 32.1 Å². The summed E-state index contributed by atoms with van der Waals surface area (Å²) in [5.41, 5.74) is 0.917. The highest BCUT2D eigenvalue weighted by Gasteiger charge is 2.21. The van der Waals surface area contributed by atoms with Gasteiger partial charge in [0.15, 0.2) is 0 Å². The third-order valence-electron chi connectivity index (χ3n) is 3.84. The van der Waals surface area contributed by atoms with Gasteiger partial charge in [-0.2, -0.15) is 0 Å². The van der Waals surface area contributed by atoms with E-state index in [4.69, 9.17) is 4.74 Å². The number of ether oxygens (including phenoxy) is 1. The van der Waals surface area contributed by atoms with Crippen molar-refractivity contribution in [3.63, 3.8) is 0 Å². The third-order valence-corrected chi connectivity index (χ3v) is 3.84. The summed E-state index contributed by atoms with van der Waals surface area (Å²) in [4.78, 5) is 8.68. The molecule has 4 heteroatoms. The Morgan fingerprint density at radius 1 is 1.26 bits per heavy atom. The molecule has 1 heterocycles. The topological polar surface area (TPSA) is 47.0 Å². The van der Waals surface area contributed by atoms with Gasteiger partial charge in [0.05, 0.1) is 30.8 Å². The smallest absolute Gasteiger partial charge is 0.144 e. The number of aromatic nitrogens is 2. The highest BCUT2D eigenvalue weighted by atomic mass is 16.5. The van der Waals surface area contributed by atoms with Crippen LogP contribution < -0.4 is 5.32 Å². The van der Waals surface area contributed by atoms with E-state index in [1.54, 1.807) is 12.4 Å². The summed E-state index contributed by atoms with van der Waals surface area (Å²) in [5, 5.41) is 3.14. The Balaban J connectivity index is 1.78. The average Bonchev–Trinajstić information content (AvgIpc) is 2.47. The molecule has 19 heavy (non-hydrogen) atoms. The van der Waals surface area contributed by atoms with E-state index >= 15 is 0 Å². The Kier molecular flexibility index (Phi) is 5.58. The highest BCUT2D eigenvalue weighted by Crippen LogP contribution is 2.28. The minimum atomic E-state index is 0.411. The quantitative estimate of drug-likeness (QED) is 0.854. The maximum atomic E-state index is 5.98. The van der Waals surface area contributed by atoms with Gasteiger partial charge in [-0.05, 0) is 25.7 Å². The molecule has 1 aliphatic rings. The molecule has 4 nitrogen and oxygen atoms in total. The van der Waals surface area contributed by atoms with E-state index in [-0.39, 0.29) is 0 Å². The summed E-state index contributed by atoms with van der Waals surface area (Å²) in [6.07, 6.45) is 10.3. The van der Waals surface area contributed by atoms with Gasteiger partial charge in [-0.1, -0.05) is 26.2 Å². The first-order valence-electron chi connectivity index (χ1n) is 7.48. The fourth-order valence-corrected chi connectivity index (χ4v) is 2.67. The fraction of sp³-hybridized carbons (Fsp3) is 0.733. The lowest BCUT2D eigenvalue weighted by atomic mass is 9.85. The zero-order valence-electron chi connectivity index (χ0n) is 12.1. The van der Waals surface area contributed by atoms with Crippen LogP contribution in [0.15, 0.2) is 12.4 Å². The second-order valence-electron chi connectivity index (χ2n) is 5.30. The van der Waals surface area contributed by atoms with Crippen molar-refractivity contribution in [1.82, 2.24) is 9.97 Å². The molecule has 0 saturated heterocycles. The summed E-state index contributed by atoms with van der Waals surface area (Å²) < 4.78 is 5.98.